The molecule has 158 valence electrons. The molecule has 1 N–H and O–H groups in total. The number of likely N-dealkylation sites (tertiary alicyclic amines) is 1. The third-order valence-electron chi connectivity index (χ3n) is 4.62. The van der Waals surface area contributed by atoms with Gasteiger partial charge in [-0.25, -0.2) is 0 Å². The number of ether oxygens (including phenoxy) is 1. The molecule has 0 aromatic heterocycles. The maximum Gasteiger partial charge on any atom is 0.418 e. The van der Waals surface area contributed by atoms with E-state index in [1.807, 2.05) is 30.3 Å². The Morgan fingerprint density at radius 1 is 1.07 bits per heavy atom. The zero-order chi connectivity index (χ0) is 21.7. The Labute approximate surface area is 170 Å². The van der Waals surface area contributed by atoms with Crippen LogP contribution in [-0.4, -0.2) is 35.8 Å². The molecule has 30 heavy (non-hydrogen) atoms. The minimum atomic E-state index is -4.63. The average molecular weight is 420 g/mol. The number of hydrogen-bond donors (Lipinski definition) is 1. The standard InChI is InChI=1S/C21H19F3N2O4/c22-21(23,24)16-8-4-5-9-17(16)25-18(27)13-30-20(29)15-10-19(28)26(12-15)11-14-6-2-1-3-7-14/h1-9,15H,10-13H2,(H,25,27). The number of para-hydroxylation sites is 1. The van der Waals surface area contributed by atoms with Crippen molar-refractivity contribution >= 4 is 23.5 Å². The first-order valence-electron chi connectivity index (χ1n) is 9.18. The van der Waals surface area contributed by atoms with E-state index in [9.17, 15) is 27.6 Å². The molecule has 1 saturated heterocycles. The molecule has 2 aromatic carbocycles. The number of nitrogens with zero attached hydrogens (tertiary/aromatic N) is 1. The van der Waals surface area contributed by atoms with E-state index in [0.717, 1.165) is 17.7 Å². The van der Waals surface area contributed by atoms with Crippen molar-refractivity contribution in [2.24, 2.45) is 5.92 Å². The van der Waals surface area contributed by atoms with E-state index >= 15 is 0 Å². The molecule has 1 aliphatic heterocycles. The number of carbonyl (C=O) groups is 3. The Hall–Kier alpha value is -3.36. The molecule has 1 fully saturated rings. The molecule has 1 aliphatic rings. The van der Waals surface area contributed by atoms with E-state index in [1.54, 1.807) is 0 Å². The molecule has 1 atom stereocenters. The summed E-state index contributed by atoms with van der Waals surface area (Å²) in [7, 11) is 0. The number of amides is 2. The molecule has 1 heterocycles. The summed E-state index contributed by atoms with van der Waals surface area (Å²) in [5.74, 6) is -2.57. The fraction of sp³-hybridized carbons (Fsp3) is 0.286. The lowest BCUT2D eigenvalue weighted by Gasteiger charge is -2.16. The Bertz CT molecular complexity index is 931. The van der Waals surface area contributed by atoms with E-state index in [-0.39, 0.29) is 18.9 Å². The highest BCUT2D eigenvalue weighted by Gasteiger charge is 2.36. The van der Waals surface area contributed by atoms with Gasteiger partial charge in [-0.1, -0.05) is 42.5 Å². The van der Waals surface area contributed by atoms with Gasteiger partial charge in [0.15, 0.2) is 6.61 Å². The van der Waals surface area contributed by atoms with Crippen LogP contribution in [0.1, 0.15) is 17.5 Å². The van der Waals surface area contributed by atoms with Gasteiger partial charge in [0.05, 0.1) is 17.2 Å². The summed E-state index contributed by atoms with van der Waals surface area (Å²) >= 11 is 0. The maximum atomic E-state index is 13.0. The highest BCUT2D eigenvalue weighted by Crippen LogP contribution is 2.34. The van der Waals surface area contributed by atoms with E-state index in [1.165, 1.54) is 17.0 Å². The minimum Gasteiger partial charge on any atom is -0.455 e. The smallest absolute Gasteiger partial charge is 0.418 e. The molecule has 6 nitrogen and oxygen atoms in total. The van der Waals surface area contributed by atoms with Gasteiger partial charge < -0.3 is 15.0 Å². The van der Waals surface area contributed by atoms with Gasteiger partial charge in [-0.15, -0.1) is 0 Å². The van der Waals surface area contributed by atoms with E-state index in [4.69, 9.17) is 4.74 Å². The highest BCUT2D eigenvalue weighted by molar-refractivity contribution is 5.94. The second kappa shape index (κ2) is 8.98. The van der Waals surface area contributed by atoms with Crippen molar-refractivity contribution in [2.75, 3.05) is 18.5 Å². The Balaban J connectivity index is 1.51. The fourth-order valence-electron chi connectivity index (χ4n) is 3.17. The van der Waals surface area contributed by atoms with Crippen molar-refractivity contribution in [2.45, 2.75) is 19.1 Å². The fourth-order valence-corrected chi connectivity index (χ4v) is 3.17. The van der Waals surface area contributed by atoms with Gasteiger partial charge in [-0.3, -0.25) is 14.4 Å². The van der Waals surface area contributed by atoms with Crippen molar-refractivity contribution in [1.82, 2.24) is 4.90 Å². The van der Waals surface area contributed by atoms with Gasteiger partial charge >= 0.3 is 12.1 Å². The Kier molecular flexibility index (Phi) is 6.39. The molecule has 1 unspecified atom stereocenters. The summed E-state index contributed by atoms with van der Waals surface area (Å²) in [6.07, 6.45) is -4.67. The number of rotatable bonds is 6. The molecule has 3 rings (SSSR count). The highest BCUT2D eigenvalue weighted by atomic mass is 19.4. The van der Waals surface area contributed by atoms with Crippen LogP contribution < -0.4 is 5.32 Å². The molecule has 0 aliphatic carbocycles. The average Bonchev–Trinajstić information content (AvgIpc) is 3.07. The third kappa shape index (κ3) is 5.37. The van der Waals surface area contributed by atoms with Gasteiger partial charge in [0.25, 0.3) is 5.91 Å². The minimum absolute atomic E-state index is 0.0375. The summed E-state index contributed by atoms with van der Waals surface area (Å²) < 4.78 is 43.8. The summed E-state index contributed by atoms with van der Waals surface area (Å²) in [5.41, 5.74) is -0.499. The van der Waals surface area contributed by atoms with Crippen LogP contribution in [0.3, 0.4) is 0 Å². The number of benzene rings is 2. The van der Waals surface area contributed by atoms with Crippen LogP contribution in [0.25, 0.3) is 0 Å². The van der Waals surface area contributed by atoms with Crippen LogP contribution in [0.2, 0.25) is 0 Å². The second-order valence-corrected chi connectivity index (χ2v) is 6.86. The quantitative estimate of drug-likeness (QED) is 0.728. The first-order chi connectivity index (χ1) is 14.2. The SMILES string of the molecule is O=C(COC(=O)C1CC(=O)N(Cc2ccccc2)C1)Nc1ccccc1C(F)(F)F. The van der Waals surface area contributed by atoms with Crippen molar-refractivity contribution < 1.29 is 32.3 Å². The molecule has 0 radical (unpaired) electrons. The van der Waals surface area contributed by atoms with Crippen LogP contribution in [0.4, 0.5) is 18.9 Å². The number of carbonyl (C=O) groups excluding carboxylic acids is 3. The Morgan fingerprint density at radius 2 is 1.73 bits per heavy atom. The lowest BCUT2D eigenvalue weighted by atomic mass is 10.1. The van der Waals surface area contributed by atoms with E-state index in [0.29, 0.717) is 6.54 Å². The summed E-state index contributed by atoms with van der Waals surface area (Å²) in [4.78, 5) is 37.8. The van der Waals surface area contributed by atoms with Gasteiger partial charge in [0, 0.05) is 19.5 Å². The van der Waals surface area contributed by atoms with Gasteiger partial charge in [-0.05, 0) is 17.7 Å². The van der Waals surface area contributed by atoms with Gasteiger partial charge in [-0.2, -0.15) is 13.2 Å². The molecular weight excluding hydrogens is 401 g/mol. The number of nitrogens with one attached hydrogen (secondary N) is 1. The lowest BCUT2D eigenvalue weighted by molar-refractivity contribution is -0.151. The van der Waals surface area contributed by atoms with Crippen LogP contribution in [0.5, 0.6) is 0 Å². The van der Waals surface area contributed by atoms with Crippen molar-refractivity contribution in [1.29, 1.82) is 0 Å². The van der Waals surface area contributed by atoms with Crippen LogP contribution in [-0.2, 0) is 31.8 Å². The van der Waals surface area contributed by atoms with E-state index < -0.39 is 41.8 Å². The monoisotopic (exact) mass is 420 g/mol. The molecule has 9 heteroatoms. The number of anilines is 1. The number of halogens is 3. The number of alkyl halides is 3. The summed E-state index contributed by atoms with van der Waals surface area (Å²) in [6.45, 7) is -0.225. The zero-order valence-electron chi connectivity index (χ0n) is 15.8. The number of esters is 1. The largest absolute Gasteiger partial charge is 0.455 e. The molecule has 0 spiro atoms. The van der Waals surface area contributed by atoms with Crippen LogP contribution in [0.15, 0.2) is 54.6 Å². The summed E-state index contributed by atoms with van der Waals surface area (Å²) in [5, 5.41) is 2.10. The lowest BCUT2D eigenvalue weighted by Crippen LogP contribution is -2.28. The molecule has 2 amide bonds. The topological polar surface area (TPSA) is 75.7 Å². The first-order valence-corrected chi connectivity index (χ1v) is 9.18. The first kappa shape index (κ1) is 21.4. The second-order valence-electron chi connectivity index (χ2n) is 6.86. The van der Waals surface area contributed by atoms with Crippen molar-refractivity contribution in [3.63, 3.8) is 0 Å². The molecule has 2 aromatic rings. The predicted octanol–water partition coefficient (Wildman–Crippen LogP) is 3.24. The van der Waals surface area contributed by atoms with Crippen molar-refractivity contribution in [3.8, 4) is 0 Å². The number of hydrogen-bond acceptors (Lipinski definition) is 4. The van der Waals surface area contributed by atoms with Gasteiger partial charge in [0.1, 0.15) is 0 Å². The predicted molar refractivity (Wildman–Crippen MR) is 101 cm³/mol. The molecule has 0 saturated carbocycles. The summed E-state index contributed by atoms with van der Waals surface area (Å²) in [6, 6.07) is 13.8. The molecular formula is C21H19F3N2O4. The molecule has 0 bridgehead atoms. The Morgan fingerprint density at radius 3 is 2.43 bits per heavy atom. The van der Waals surface area contributed by atoms with Gasteiger partial charge in [0.2, 0.25) is 5.91 Å². The maximum absolute atomic E-state index is 13.0. The van der Waals surface area contributed by atoms with E-state index in [2.05, 4.69) is 5.32 Å². The van der Waals surface area contributed by atoms with Crippen LogP contribution in [0, 0.1) is 5.92 Å². The zero-order valence-corrected chi connectivity index (χ0v) is 15.8. The third-order valence-corrected chi connectivity index (χ3v) is 4.62. The van der Waals surface area contributed by atoms with Crippen LogP contribution >= 0.6 is 0 Å². The van der Waals surface area contributed by atoms with Crippen molar-refractivity contribution in [3.05, 3.63) is 65.7 Å². The normalized spacial score (nSPS) is 16.4.